The summed E-state index contributed by atoms with van der Waals surface area (Å²) in [5.74, 6) is 1.85. The molecule has 1 unspecified atom stereocenters. The van der Waals surface area contributed by atoms with Gasteiger partial charge in [0.15, 0.2) is 0 Å². The van der Waals surface area contributed by atoms with Crippen LogP contribution in [0.3, 0.4) is 0 Å². The number of terminal acetylenes is 1. The van der Waals surface area contributed by atoms with Gasteiger partial charge in [0.2, 0.25) is 15.9 Å². The van der Waals surface area contributed by atoms with Crippen LogP contribution in [0.25, 0.3) is 0 Å². The fourth-order valence-corrected chi connectivity index (χ4v) is 1.70. The Bertz CT molecular complexity index is 573. The van der Waals surface area contributed by atoms with Gasteiger partial charge in [-0.05, 0) is 24.3 Å². The second-order valence-electron chi connectivity index (χ2n) is 3.57. The third-order valence-corrected chi connectivity index (χ3v) is 3.05. The van der Waals surface area contributed by atoms with Crippen molar-refractivity contribution in [1.82, 2.24) is 0 Å². The minimum atomic E-state index is -3.74. The molecule has 0 aliphatic carbocycles. The van der Waals surface area contributed by atoms with Gasteiger partial charge in [-0.3, -0.25) is 4.79 Å². The number of primary sulfonamides is 1. The van der Waals surface area contributed by atoms with Crippen molar-refractivity contribution in [1.29, 1.82) is 0 Å². The summed E-state index contributed by atoms with van der Waals surface area (Å²) in [6.07, 6.45) is 5.16. The zero-order valence-electron chi connectivity index (χ0n) is 9.46. The number of nitrogens with one attached hydrogen (secondary N) is 1. The summed E-state index contributed by atoms with van der Waals surface area (Å²) in [5.41, 5.74) is 5.92. The van der Waals surface area contributed by atoms with Crippen molar-refractivity contribution in [3.63, 3.8) is 0 Å². The molecule has 1 atom stereocenters. The van der Waals surface area contributed by atoms with Crippen LogP contribution in [0.15, 0.2) is 29.2 Å². The Kier molecular flexibility index (Phi) is 4.44. The molecule has 0 aliphatic rings. The highest BCUT2D eigenvalue weighted by Crippen LogP contribution is 2.12. The van der Waals surface area contributed by atoms with E-state index in [0.29, 0.717) is 5.69 Å². The molecule has 0 aliphatic heterocycles. The van der Waals surface area contributed by atoms with Gasteiger partial charge in [-0.2, -0.15) is 0 Å². The second-order valence-corrected chi connectivity index (χ2v) is 5.13. The molecule has 1 rings (SSSR count). The highest BCUT2D eigenvalue weighted by Gasteiger charge is 2.12. The first kappa shape index (κ1) is 14.2. The van der Waals surface area contributed by atoms with E-state index in [9.17, 15) is 13.2 Å². The number of nitrogens with two attached hydrogens (primary N) is 2. The minimum Gasteiger partial charge on any atom is -0.325 e. The molecule has 6 nitrogen and oxygen atoms in total. The van der Waals surface area contributed by atoms with E-state index in [1.54, 1.807) is 0 Å². The molecule has 1 aromatic rings. The number of hydrogen-bond donors (Lipinski definition) is 3. The second kappa shape index (κ2) is 5.64. The maximum atomic E-state index is 11.5. The lowest BCUT2D eigenvalue weighted by Crippen LogP contribution is -2.35. The van der Waals surface area contributed by atoms with E-state index in [1.165, 1.54) is 24.3 Å². The third-order valence-electron chi connectivity index (χ3n) is 2.12. The van der Waals surface area contributed by atoms with Crippen LogP contribution in [0, 0.1) is 12.3 Å². The first-order chi connectivity index (χ1) is 8.34. The van der Waals surface area contributed by atoms with E-state index in [2.05, 4.69) is 11.2 Å². The van der Waals surface area contributed by atoms with Gasteiger partial charge >= 0.3 is 0 Å². The van der Waals surface area contributed by atoms with Crippen LogP contribution in [-0.4, -0.2) is 20.4 Å². The Hall–Kier alpha value is -1.88. The Morgan fingerprint density at radius 1 is 1.39 bits per heavy atom. The Balaban J connectivity index is 2.77. The number of amides is 1. The van der Waals surface area contributed by atoms with Gasteiger partial charge in [0.1, 0.15) is 0 Å². The van der Waals surface area contributed by atoms with Gasteiger partial charge in [0.25, 0.3) is 0 Å². The van der Waals surface area contributed by atoms with E-state index in [1.807, 2.05) is 0 Å². The molecule has 1 aromatic carbocycles. The van der Waals surface area contributed by atoms with Crippen LogP contribution >= 0.6 is 0 Å². The predicted molar refractivity (Wildman–Crippen MR) is 67.9 cm³/mol. The number of carbonyl (C=O) groups is 1. The zero-order chi connectivity index (χ0) is 13.8. The van der Waals surface area contributed by atoms with E-state index >= 15 is 0 Å². The molecule has 18 heavy (non-hydrogen) atoms. The van der Waals surface area contributed by atoms with E-state index < -0.39 is 22.0 Å². The van der Waals surface area contributed by atoms with Gasteiger partial charge in [0.05, 0.1) is 10.9 Å². The molecule has 0 spiro atoms. The first-order valence-electron chi connectivity index (χ1n) is 4.97. The molecule has 0 saturated heterocycles. The van der Waals surface area contributed by atoms with Crippen molar-refractivity contribution in [3.8, 4) is 12.3 Å². The molecule has 0 fully saturated rings. The average molecular weight is 267 g/mol. The summed E-state index contributed by atoms with van der Waals surface area (Å²) in [6.45, 7) is 0. The maximum absolute atomic E-state index is 11.5. The number of benzene rings is 1. The summed E-state index contributed by atoms with van der Waals surface area (Å²) >= 11 is 0. The van der Waals surface area contributed by atoms with Crippen LogP contribution < -0.4 is 16.2 Å². The van der Waals surface area contributed by atoms with Crippen LogP contribution in [0.5, 0.6) is 0 Å². The summed E-state index contributed by atoms with van der Waals surface area (Å²) < 4.78 is 22.0. The van der Waals surface area contributed by atoms with Crippen molar-refractivity contribution in [2.24, 2.45) is 10.9 Å². The summed E-state index contributed by atoms with van der Waals surface area (Å²) in [4.78, 5) is 11.5. The number of sulfonamides is 1. The molecule has 96 valence electrons. The average Bonchev–Trinajstić information content (AvgIpc) is 2.28. The largest absolute Gasteiger partial charge is 0.325 e. The fraction of sp³-hybridized carbons (Fsp3) is 0.182. The van der Waals surface area contributed by atoms with Crippen molar-refractivity contribution in [2.75, 3.05) is 5.32 Å². The monoisotopic (exact) mass is 267 g/mol. The highest BCUT2D eigenvalue weighted by atomic mass is 32.2. The number of anilines is 1. The van der Waals surface area contributed by atoms with Crippen LogP contribution in [-0.2, 0) is 14.8 Å². The van der Waals surface area contributed by atoms with Crippen molar-refractivity contribution in [3.05, 3.63) is 24.3 Å². The minimum absolute atomic E-state index is 0.0339. The third kappa shape index (κ3) is 3.85. The van der Waals surface area contributed by atoms with Gasteiger partial charge in [-0.1, -0.05) is 0 Å². The molecule has 0 radical (unpaired) electrons. The van der Waals surface area contributed by atoms with Gasteiger partial charge < -0.3 is 11.1 Å². The fourth-order valence-electron chi connectivity index (χ4n) is 1.18. The maximum Gasteiger partial charge on any atom is 0.242 e. The van der Waals surface area contributed by atoms with E-state index in [-0.39, 0.29) is 11.3 Å². The van der Waals surface area contributed by atoms with Crippen molar-refractivity contribution >= 4 is 21.6 Å². The Morgan fingerprint density at radius 2 is 1.94 bits per heavy atom. The standard InChI is InChI=1S/C11H13N3O3S/c1-2-3-10(12)11(15)14-8-4-6-9(7-5-8)18(13,16)17/h1,4-7,10H,3,12H2,(H,14,15)(H2,13,16,17). The molecule has 0 aromatic heterocycles. The smallest absolute Gasteiger partial charge is 0.242 e. The van der Waals surface area contributed by atoms with Gasteiger partial charge in [-0.25, -0.2) is 13.6 Å². The number of hydrogen-bond acceptors (Lipinski definition) is 4. The predicted octanol–water partition coefficient (Wildman–Crippen LogP) is -0.377. The molecule has 5 N–H and O–H groups in total. The highest BCUT2D eigenvalue weighted by molar-refractivity contribution is 7.89. The lowest BCUT2D eigenvalue weighted by atomic mass is 10.2. The lowest BCUT2D eigenvalue weighted by Gasteiger charge is -2.09. The molecule has 0 bridgehead atoms. The van der Waals surface area contributed by atoms with E-state index in [0.717, 1.165) is 0 Å². The zero-order valence-corrected chi connectivity index (χ0v) is 10.3. The van der Waals surface area contributed by atoms with Crippen LogP contribution in [0.4, 0.5) is 5.69 Å². The van der Waals surface area contributed by atoms with Gasteiger partial charge in [-0.15, -0.1) is 12.3 Å². The Morgan fingerprint density at radius 3 is 2.39 bits per heavy atom. The first-order valence-corrected chi connectivity index (χ1v) is 6.52. The molecule has 0 saturated carbocycles. The topological polar surface area (TPSA) is 115 Å². The summed E-state index contributed by atoms with van der Waals surface area (Å²) in [6, 6.07) is 4.61. The Labute approximate surface area is 105 Å². The molecule has 0 heterocycles. The lowest BCUT2D eigenvalue weighted by molar-refractivity contribution is -0.117. The molecule has 1 amide bonds. The van der Waals surface area contributed by atoms with Gasteiger partial charge in [0, 0.05) is 12.1 Å². The SMILES string of the molecule is C#CCC(N)C(=O)Nc1ccc(S(N)(=O)=O)cc1. The van der Waals surface area contributed by atoms with Crippen LogP contribution in [0.1, 0.15) is 6.42 Å². The number of carbonyl (C=O) groups excluding carboxylic acids is 1. The number of rotatable bonds is 4. The summed E-state index contributed by atoms with van der Waals surface area (Å²) in [5, 5.41) is 7.45. The quantitative estimate of drug-likeness (QED) is 0.645. The molecular weight excluding hydrogens is 254 g/mol. The van der Waals surface area contributed by atoms with E-state index in [4.69, 9.17) is 17.3 Å². The summed E-state index contributed by atoms with van der Waals surface area (Å²) in [7, 11) is -3.74. The normalized spacial score (nSPS) is 12.5. The van der Waals surface area contributed by atoms with Crippen LogP contribution in [0.2, 0.25) is 0 Å². The van der Waals surface area contributed by atoms with Crippen molar-refractivity contribution in [2.45, 2.75) is 17.4 Å². The molecule has 7 heteroatoms. The molecular formula is C11H13N3O3S. The van der Waals surface area contributed by atoms with Crippen molar-refractivity contribution < 1.29 is 13.2 Å².